The zero-order chi connectivity index (χ0) is 18.1. The normalized spacial score (nSPS) is 11.6. The summed E-state index contributed by atoms with van der Waals surface area (Å²) in [5.41, 5.74) is 1.88. The molecule has 1 heterocycles. The van der Waals surface area contributed by atoms with Crippen LogP contribution in [0.3, 0.4) is 0 Å². The molecule has 1 aromatic heterocycles. The van der Waals surface area contributed by atoms with Gasteiger partial charge in [-0.25, -0.2) is 0 Å². The van der Waals surface area contributed by atoms with Gasteiger partial charge in [-0.05, 0) is 34.5 Å². The van der Waals surface area contributed by atoms with Gasteiger partial charge in [0.15, 0.2) is 5.69 Å². The molecule has 0 saturated heterocycles. The molecule has 0 fully saturated rings. The number of aromatic amines is 1. The average molecular weight is 408 g/mol. The molecular weight excluding hydrogens is 394 g/mol. The Bertz CT molecular complexity index is 1160. The van der Waals surface area contributed by atoms with Gasteiger partial charge in [0.1, 0.15) is 0 Å². The van der Waals surface area contributed by atoms with Crippen LogP contribution in [0.1, 0.15) is 5.56 Å². The number of hydrogen-bond acceptors (Lipinski definition) is 3. The Hall–Kier alpha value is -2.99. The third kappa shape index (κ3) is 3.11. The molecule has 2 N–H and O–H groups in total. The summed E-state index contributed by atoms with van der Waals surface area (Å²) in [4.78, 5) is 15.1. The van der Waals surface area contributed by atoms with E-state index in [-0.39, 0.29) is 23.9 Å². The molecule has 0 aliphatic carbocycles. The number of nitrogens with zero attached hydrogens (tertiary/aromatic N) is 2. The van der Waals surface area contributed by atoms with Gasteiger partial charge in [-0.3, -0.25) is 4.79 Å². The molecule has 0 atom stereocenters. The summed E-state index contributed by atoms with van der Waals surface area (Å²) in [6.45, 7) is 0. The van der Waals surface area contributed by atoms with Crippen molar-refractivity contribution in [1.82, 2.24) is 4.98 Å². The fraction of sp³-hybridized carbons (Fsp3) is 0.0500. The molecule has 0 bridgehead atoms. The highest BCUT2D eigenvalue weighted by Gasteiger charge is 2.12. The fourth-order valence-electron chi connectivity index (χ4n) is 2.99. The van der Waals surface area contributed by atoms with Crippen LogP contribution in [0.25, 0.3) is 21.7 Å². The summed E-state index contributed by atoms with van der Waals surface area (Å²) in [5, 5.41) is 20.6. The lowest BCUT2D eigenvalue weighted by atomic mass is 10.0. The van der Waals surface area contributed by atoms with Gasteiger partial charge >= 0.3 is 0 Å². The van der Waals surface area contributed by atoms with Crippen LogP contribution in [0.4, 0.5) is 5.69 Å². The van der Waals surface area contributed by atoms with E-state index >= 15 is 0 Å². The lowest BCUT2D eigenvalue weighted by molar-refractivity contribution is -0.117. The van der Waals surface area contributed by atoms with Crippen LogP contribution in [0, 0.1) is 0 Å². The first-order chi connectivity index (χ1) is 12.6. The smallest absolute Gasteiger partial charge is 0.269 e. The zero-order valence-electron chi connectivity index (χ0n) is 13.6. The maximum Gasteiger partial charge on any atom is 0.269 e. The molecule has 0 aliphatic heterocycles. The van der Waals surface area contributed by atoms with E-state index in [9.17, 15) is 9.90 Å². The number of aromatic nitrogens is 1. The molecule has 128 valence electrons. The third-order valence-electron chi connectivity index (χ3n) is 4.20. The van der Waals surface area contributed by atoms with E-state index in [1.807, 2.05) is 60.7 Å². The van der Waals surface area contributed by atoms with Crippen molar-refractivity contribution in [3.8, 4) is 5.88 Å². The van der Waals surface area contributed by atoms with Crippen LogP contribution >= 0.6 is 15.9 Å². The SMILES string of the molecule is O=C(Cc1cccc2ccccc12)N=Nc1c(O)[nH]c2ccc(Br)cc12. The van der Waals surface area contributed by atoms with E-state index in [0.717, 1.165) is 26.3 Å². The minimum atomic E-state index is -0.370. The predicted octanol–water partition coefficient (Wildman–Crippen LogP) is 5.64. The summed E-state index contributed by atoms with van der Waals surface area (Å²) in [7, 11) is 0. The van der Waals surface area contributed by atoms with Gasteiger partial charge in [-0.2, -0.15) is 0 Å². The highest BCUT2D eigenvalue weighted by atomic mass is 79.9. The van der Waals surface area contributed by atoms with E-state index in [1.54, 1.807) is 0 Å². The molecule has 5 nitrogen and oxygen atoms in total. The lowest BCUT2D eigenvalue weighted by Gasteiger charge is -2.03. The molecule has 4 rings (SSSR count). The minimum absolute atomic E-state index is 0.111. The highest BCUT2D eigenvalue weighted by molar-refractivity contribution is 9.10. The Balaban J connectivity index is 1.62. The summed E-state index contributed by atoms with van der Waals surface area (Å²) in [5.74, 6) is -0.482. The van der Waals surface area contributed by atoms with Gasteiger partial charge in [0.05, 0.1) is 11.9 Å². The number of azo groups is 1. The number of carbonyl (C=O) groups is 1. The fourth-order valence-corrected chi connectivity index (χ4v) is 3.35. The monoisotopic (exact) mass is 407 g/mol. The number of rotatable bonds is 3. The number of benzene rings is 3. The van der Waals surface area contributed by atoms with Crippen molar-refractivity contribution >= 4 is 49.2 Å². The number of aromatic hydroxyl groups is 1. The van der Waals surface area contributed by atoms with Crippen LogP contribution in [0.5, 0.6) is 5.88 Å². The second-order valence-electron chi connectivity index (χ2n) is 5.92. The van der Waals surface area contributed by atoms with Gasteiger partial charge in [0, 0.05) is 9.86 Å². The van der Waals surface area contributed by atoms with Gasteiger partial charge in [0.25, 0.3) is 5.91 Å². The van der Waals surface area contributed by atoms with Gasteiger partial charge in [-0.15, -0.1) is 10.2 Å². The number of hydrogen-bond donors (Lipinski definition) is 2. The summed E-state index contributed by atoms with van der Waals surface area (Å²) in [6, 6.07) is 19.2. The van der Waals surface area contributed by atoms with E-state index in [2.05, 4.69) is 31.1 Å². The Morgan fingerprint density at radius 3 is 2.73 bits per heavy atom. The number of fused-ring (bicyclic) bond motifs is 2. The number of carbonyl (C=O) groups excluding carboxylic acids is 1. The van der Waals surface area contributed by atoms with Crippen molar-refractivity contribution in [2.75, 3.05) is 0 Å². The number of H-pyrrole nitrogens is 1. The molecule has 3 aromatic carbocycles. The summed E-state index contributed by atoms with van der Waals surface area (Å²) >= 11 is 3.39. The Kier molecular flexibility index (Phi) is 4.26. The maximum atomic E-state index is 12.3. The molecule has 0 spiro atoms. The van der Waals surface area contributed by atoms with E-state index in [1.165, 1.54) is 0 Å². The predicted molar refractivity (Wildman–Crippen MR) is 105 cm³/mol. The molecule has 4 aromatic rings. The first-order valence-corrected chi connectivity index (χ1v) is 8.82. The third-order valence-corrected chi connectivity index (χ3v) is 4.69. The molecule has 26 heavy (non-hydrogen) atoms. The molecule has 0 saturated carbocycles. The summed E-state index contributed by atoms with van der Waals surface area (Å²) < 4.78 is 0.850. The van der Waals surface area contributed by atoms with Crippen molar-refractivity contribution in [1.29, 1.82) is 0 Å². The van der Waals surface area contributed by atoms with Crippen LogP contribution in [0.2, 0.25) is 0 Å². The van der Waals surface area contributed by atoms with E-state index in [0.29, 0.717) is 5.39 Å². The Labute approximate surface area is 157 Å². The van der Waals surface area contributed by atoms with Gasteiger partial charge in [-0.1, -0.05) is 58.4 Å². The van der Waals surface area contributed by atoms with Crippen molar-refractivity contribution in [3.05, 3.63) is 70.7 Å². The molecule has 0 radical (unpaired) electrons. The van der Waals surface area contributed by atoms with Crippen LogP contribution in [-0.4, -0.2) is 16.0 Å². The van der Waals surface area contributed by atoms with E-state index in [4.69, 9.17) is 0 Å². The van der Waals surface area contributed by atoms with E-state index < -0.39 is 0 Å². The van der Waals surface area contributed by atoms with Gasteiger partial charge in [0.2, 0.25) is 5.88 Å². The maximum absolute atomic E-state index is 12.3. The largest absolute Gasteiger partial charge is 0.493 e. The standard InChI is InChI=1S/C20H14BrN3O2/c21-14-8-9-17-16(11-14)19(20(26)22-17)24-23-18(25)10-13-6-3-5-12-4-1-2-7-15(12)13/h1-9,11,22,26H,10H2. The lowest BCUT2D eigenvalue weighted by Crippen LogP contribution is -1.98. The topological polar surface area (TPSA) is 77.8 Å². The quantitative estimate of drug-likeness (QED) is 0.430. The molecule has 6 heteroatoms. The van der Waals surface area contributed by atoms with Crippen molar-refractivity contribution < 1.29 is 9.90 Å². The highest BCUT2D eigenvalue weighted by Crippen LogP contribution is 2.36. The number of halogens is 1. The Morgan fingerprint density at radius 1 is 1.04 bits per heavy atom. The second-order valence-corrected chi connectivity index (χ2v) is 6.84. The average Bonchev–Trinajstić information content (AvgIpc) is 2.95. The van der Waals surface area contributed by atoms with Gasteiger partial charge < -0.3 is 10.1 Å². The first-order valence-electron chi connectivity index (χ1n) is 8.03. The molecular formula is C20H14BrN3O2. The van der Waals surface area contributed by atoms with Crippen LogP contribution in [-0.2, 0) is 11.2 Å². The van der Waals surface area contributed by atoms with Crippen molar-refractivity contribution in [3.63, 3.8) is 0 Å². The Morgan fingerprint density at radius 2 is 1.85 bits per heavy atom. The minimum Gasteiger partial charge on any atom is -0.493 e. The second kappa shape index (κ2) is 6.72. The van der Waals surface area contributed by atoms with Crippen LogP contribution < -0.4 is 0 Å². The van der Waals surface area contributed by atoms with Crippen molar-refractivity contribution in [2.45, 2.75) is 6.42 Å². The first kappa shape index (κ1) is 16.5. The molecule has 0 unspecified atom stereocenters. The summed E-state index contributed by atoms with van der Waals surface area (Å²) in [6.07, 6.45) is 0.150. The number of amides is 1. The number of nitrogens with one attached hydrogen (secondary N) is 1. The zero-order valence-corrected chi connectivity index (χ0v) is 15.2. The molecule has 0 aliphatic rings. The van der Waals surface area contributed by atoms with Crippen molar-refractivity contribution in [2.24, 2.45) is 10.2 Å². The van der Waals surface area contributed by atoms with Crippen LogP contribution in [0.15, 0.2) is 75.4 Å². The molecule has 1 amide bonds.